The molecule has 0 bridgehead atoms. The molecule has 0 radical (unpaired) electrons. The van der Waals surface area contributed by atoms with Gasteiger partial charge in [-0.15, -0.1) is 11.3 Å². The van der Waals surface area contributed by atoms with E-state index in [0.29, 0.717) is 0 Å². The molecule has 1 unspecified atom stereocenters. The van der Waals surface area contributed by atoms with E-state index in [1.807, 2.05) is 12.3 Å². The maximum atomic E-state index is 4.67. The zero-order valence-corrected chi connectivity index (χ0v) is 11.9. The summed E-state index contributed by atoms with van der Waals surface area (Å²) in [5.41, 5.74) is 2.31. The molecule has 18 heavy (non-hydrogen) atoms. The summed E-state index contributed by atoms with van der Waals surface area (Å²) in [5.74, 6) is 0. The van der Waals surface area contributed by atoms with Crippen LogP contribution in [-0.4, -0.2) is 16.5 Å². The number of hydrogen-bond acceptors (Lipinski definition) is 4. The molecule has 0 aliphatic carbocycles. The second kappa shape index (κ2) is 6.07. The van der Waals surface area contributed by atoms with Crippen LogP contribution in [0.1, 0.15) is 40.5 Å². The average molecular weight is 261 g/mol. The molecule has 2 aromatic rings. The zero-order chi connectivity index (χ0) is 13.0. The minimum Gasteiger partial charge on any atom is -0.304 e. The van der Waals surface area contributed by atoms with Crippen LogP contribution in [0.4, 0.5) is 0 Å². The second-order valence-corrected chi connectivity index (χ2v) is 5.60. The second-order valence-electron chi connectivity index (χ2n) is 4.37. The number of aryl methyl sites for hydroxylation is 2. The van der Waals surface area contributed by atoms with Gasteiger partial charge in [0.15, 0.2) is 0 Å². The Kier molecular flexibility index (Phi) is 4.44. The lowest BCUT2D eigenvalue weighted by Crippen LogP contribution is -2.23. The smallest absolute Gasteiger partial charge is 0.115 e. The van der Waals surface area contributed by atoms with E-state index in [9.17, 15) is 0 Å². The molecule has 2 heterocycles. The van der Waals surface area contributed by atoms with Crippen LogP contribution in [0.3, 0.4) is 0 Å². The molecule has 4 heteroatoms. The van der Waals surface area contributed by atoms with Crippen molar-refractivity contribution in [2.75, 3.05) is 6.54 Å². The molecule has 0 saturated heterocycles. The summed E-state index contributed by atoms with van der Waals surface area (Å²) in [6.07, 6.45) is 4.83. The maximum Gasteiger partial charge on any atom is 0.115 e. The van der Waals surface area contributed by atoms with Crippen molar-refractivity contribution in [3.05, 3.63) is 45.7 Å². The first-order valence-electron chi connectivity index (χ1n) is 6.29. The molecule has 0 aliphatic rings. The molecule has 0 fully saturated rings. The van der Waals surface area contributed by atoms with Gasteiger partial charge < -0.3 is 5.32 Å². The Morgan fingerprint density at radius 3 is 2.78 bits per heavy atom. The van der Waals surface area contributed by atoms with Crippen LogP contribution in [0.15, 0.2) is 24.5 Å². The van der Waals surface area contributed by atoms with Crippen LogP contribution in [0.5, 0.6) is 0 Å². The average Bonchev–Trinajstić information content (AvgIpc) is 2.71. The van der Waals surface area contributed by atoms with Crippen LogP contribution < -0.4 is 5.32 Å². The van der Waals surface area contributed by atoms with E-state index in [1.165, 1.54) is 10.4 Å². The highest BCUT2D eigenvalue weighted by molar-refractivity contribution is 7.11. The standard InChI is InChI=1S/C14H19N3S/c1-4-7-16-13(12-6-5-8-15-9-12)14-17-10(2)11(3)18-14/h5-6,8-9,13,16H,4,7H2,1-3H3. The van der Waals surface area contributed by atoms with Crippen LogP contribution in [0, 0.1) is 13.8 Å². The molecule has 2 aromatic heterocycles. The highest BCUT2D eigenvalue weighted by Crippen LogP contribution is 2.27. The third-order valence-corrected chi connectivity index (χ3v) is 4.05. The minimum absolute atomic E-state index is 0.163. The summed E-state index contributed by atoms with van der Waals surface area (Å²) >= 11 is 1.77. The Bertz CT molecular complexity index is 473. The number of rotatable bonds is 5. The van der Waals surface area contributed by atoms with E-state index >= 15 is 0 Å². The fourth-order valence-corrected chi connectivity index (χ4v) is 2.83. The Labute approximate surface area is 112 Å². The number of nitrogens with one attached hydrogen (secondary N) is 1. The quantitative estimate of drug-likeness (QED) is 0.898. The zero-order valence-electron chi connectivity index (χ0n) is 11.1. The third-order valence-electron chi connectivity index (χ3n) is 2.91. The number of aromatic nitrogens is 2. The van der Waals surface area contributed by atoms with Gasteiger partial charge in [0.05, 0.1) is 11.7 Å². The molecule has 0 spiro atoms. The predicted molar refractivity (Wildman–Crippen MR) is 76.0 cm³/mol. The molecule has 96 valence electrons. The number of nitrogens with zero attached hydrogens (tertiary/aromatic N) is 2. The first-order chi connectivity index (χ1) is 8.72. The van der Waals surface area contributed by atoms with E-state index in [1.54, 1.807) is 17.5 Å². The SMILES string of the molecule is CCCNC(c1cccnc1)c1nc(C)c(C)s1. The van der Waals surface area contributed by atoms with E-state index in [0.717, 1.165) is 23.7 Å². The molecule has 0 saturated carbocycles. The fraction of sp³-hybridized carbons (Fsp3) is 0.429. The van der Waals surface area contributed by atoms with Crippen molar-refractivity contribution in [2.24, 2.45) is 0 Å². The normalized spacial score (nSPS) is 12.6. The highest BCUT2D eigenvalue weighted by atomic mass is 32.1. The Balaban J connectivity index is 2.30. The van der Waals surface area contributed by atoms with Gasteiger partial charge in [-0.2, -0.15) is 0 Å². The molecule has 3 nitrogen and oxygen atoms in total. The van der Waals surface area contributed by atoms with Gasteiger partial charge in [-0.05, 0) is 38.4 Å². The lowest BCUT2D eigenvalue weighted by atomic mass is 10.1. The number of hydrogen-bond donors (Lipinski definition) is 1. The van der Waals surface area contributed by atoms with E-state index < -0.39 is 0 Å². The Hall–Kier alpha value is -1.26. The monoisotopic (exact) mass is 261 g/mol. The molecule has 1 atom stereocenters. The van der Waals surface area contributed by atoms with Gasteiger partial charge in [-0.3, -0.25) is 4.98 Å². The summed E-state index contributed by atoms with van der Waals surface area (Å²) < 4.78 is 0. The van der Waals surface area contributed by atoms with Crippen molar-refractivity contribution in [1.29, 1.82) is 0 Å². The molecule has 0 aromatic carbocycles. The van der Waals surface area contributed by atoms with Crippen LogP contribution in [0.25, 0.3) is 0 Å². The van der Waals surface area contributed by atoms with Gasteiger partial charge in [0.25, 0.3) is 0 Å². The molecule has 0 amide bonds. The van der Waals surface area contributed by atoms with Gasteiger partial charge in [-0.25, -0.2) is 4.98 Å². The molecule has 1 N–H and O–H groups in total. The van der Waals surface area contributed by atoms with Gasteiger partial charge >= 0.3 is 0 Å². The predicted octanol–water partition coefficient (Wildman–Crippen LogP) is 3.24. The summed E-state index contributed by atoms with van der Waals surface area (Å²) in [7, 11) is 0. The topological polar surface area (TPSA) is 37.8 Å². The summed E-state index contributed by atoms with van der Waals surface area (Å²) in [6.45, 7) is 7.34. The van der Waals surface area contributed by atoms with Crippen molar-refractivity contribution in [1.82, 2.24) is 15.3 Å². The van der Waals surface area contributed by atoms with E-state index in [4.69, 9.17) is 0 Å². The highest BCUT2D eigenvalue weighted by Gasteiger charge is 2.17. The molecular formula is C14H19N3S. The first-order valence-corrected chi connectivity index (χ1v) is 7.11. The van der Waals surface area contributed by atoms with Crippen molar-refractivity contribution in [3.8, 4) is 0 Å². The minimum atomic E-state index is 0.163. The van der Waals surface area contributed by atoms with Crippen LogP contribution >= 0.6 is 11.3 Å². The van der Waals surface area contributed by atoms with Gasteiger partial charge in [0.2, 0.25) is 0 Å². The van der Waals surface area contributed by atoms with E-state index in [2.05, 4.69) is 42.1 Å². The molecule has 0 aliphatic heterocycles. The Morgan fingerprint density at radius 2 is 2.22 bits per heavy atom. The summed E-state index contributed by atoms with van der Waals surface area (Å²) in [6, 6.07) is 4.24. The third kappa shape index (κ3) is 2.94. The number of pyridine rings is 1. The largest absolute Gasteiger partial charge is 0.304 e. The summed E-state index contributed by atoms with van der Waals surface area (Å²) in [5, 5.41) is 4.68. The number of thiazole rings is 1. The van der Waals surface area contributed by atoms with Crippen molar-refractivity contribution >= 4 is 11.3 Å². The Morgan fingerprint density at radius 1 is 1.39 bits per heavy atom. The van der Waals surface area contributed by atoms with Crippen molar-refractivity contribution in [3.63, 3.8) is 0 Å². The van der Waals surface area contributed by atoms with Crippen LogP contribution in [0.2, 0.25) is 0 Å². The lowest BCUT2D eigenvalue weighted by Gasteiger charge is -2.16. The van der Waals surface area contributed by atoms with E-state index in [-0.39, 0.29) is 6.04 Å². The first kappa shape index (κ1) is 13.2. The molecular weight excluding hydrogens is 242 g/mol. The van der Waals surface area contributed by atoms with Gasteiger partial charge in [0, 0.05) is 17.3 Å². The fourth-order valence-electron chi connectivity index (χ4n) is 1.80. The lowest BCUT2D eigenvalue weighted by molar-refractivity contribution is 0.593. The van der Waals surface area contributed by atoms with Gasteiger partial charge in [-0.1, -0.05) is 13.0 Å². The summed E-state index contributed by atoms with van der Waals surface area (Å²) in [4.78, 5) is 10.2. The maximum absolute atomic E-state index is 4.67. The van der Waals surface area contributed by atoms with Gasteiger partial charge in [0.1, 0.15) is 5.01 Å². The van der Waals surface area contributed by atoms with Crippen molar-refractivity contribution in [2.45, 2.75) is 33.2 Å². The molecule has 2 rings (SSSR count). The van der Waals surface area contributed by atoms with Crippen LogP contribution in [-0.2, 0) is 0 Å². The van der Waals surface area contributed by atoms with Crippen molar-refractivity contribution < 1.29 is 0 Å².